The molecule has 0 atom stereocenters. The maximum Gasteiger partial charge on any atom is 0.437 e. The molecule has 1 aliphatic rings. The molecule has 1 aromatic heterocycles. The molecule has 25 heavy (non-hydrogen) atoms. The average Bonchev–Trinajstić information content (AvgIpc) is 3.11. The fourth-order valence-corrected chi connectivity index (χ4v) is 2.49. The highest BCUT2D eigenvalue weighted by Crippen LogP contribution is 2.40. The van der Waals surface area contributed by atoms with Crippen LogP contribution in [0, 0.1) is 0 Å². The van der Waals surface area contributed by atoms with Gasteiger partial charge in [0.2, 0.25) is 12.7 Å². The number of fused-ring (bicyclic) bond motifs is 1. The molecule has 0 bridgehead atoms. The second-order valence-electron chi connectivity index (χ2n) is 5.12. The Morgan fingerprint density at radius 1 is 1.40 bits per heavy atom. The SMILES string of the molecule is Cn1cc(NC(=O)/C=C/c2cc(Cl)c3c(c2)OCO3)c(C(F)(F)F)n1. The fourth-order valence-electron chi connectivity index (χ4n) is 2.22. The van der Waals surface area contributed by atoms with E-state index >= 15 is 0 Å². The maximum atomic E-state index is 12.8. The minimum atomic E-state index is -4.67. The summed E-state index contributed by atoms with van der Waals surface area (Å²) in [6.07, 6.45) is -1.11. The van der Waals surface area contributed by atoms with Crippen molar-refractivity contribution >= 4 is 29.3 Å². The van der Waals surface area contributed by atoms with E-state index in [9.17, 15) is 18.0 Å². The lowest BCUT2D eigenvalue weighted by molar-refractivity contribution is -0.140. The van der Waals surface area contributed by atoms with Crippen molar-refractivity contribution in [2.24, 2.45) is 7.05 Å². The molecule has 0 unspecified atom stereocenters. The summed E-state index contributed by atoms with van der Waals surface area (Å²) in [5.41, 5.74) is -1.05. The largest absolute Gasteiger partial charge is 0.454 e. The number of benzene rings is 1. The lowest BCUT2D eigenvalue weighted by Crippen LogP contribution is -2.14. The number of halogens is 4. The summed E-state index contributed by atoms with van der Waals surface area (Å²) in [5, 5.41) is 5.77. The van der Waals surface area contributed by atoms with Crippen molar-refractivity contribution in [1.82, 2.24) is 9.78 Å². The quantitative estimate of drug-likeness (QED) is 0.837. The number of amides is 1. The first-order chi connectivity index (χ1) is 11.7. The third kappa shape index (κ3) is 3.71. The number of ether oxygens (including phenoxy) is 2. The number of nitrogens with one attached hydrogen (secondary N) is 1. The number of alkyl halides is 3. The van der Waals surface area contributed by atoms with E-state index in [4.69, 9.17) is 21.1 Å². The molecule has 0 saturated heterocycles. The van der Waals surface area contributed by atoms with Gasteiger partial charge in [0.05, 0.1) is 10.7 Å². The van der Waals surface area contributed by atoms with Crippen LogP contribution in [0.3, 0.4) is 0 Å². The number of hydrogen-bond donors (Lipinski definition) is 1. The summed E-state index contributed by atoms with van der Waals surface area (Å²) >= 11 is 6.02. The van der Waals surface area contributed by atoms with Crippen LogP contribution in [0.25, 0.3) is 6.08 Å². The Hall–Kier alpha value is -2.68. The van der Waals surface area contributed by atoms with Crippen LogP contribution in [0.5, 0.6) is 11.5 Å². The van der Waals surface area contributed by atoms with Gasteiger partial charge in [0.25, 0.3) is 0 Å². The molecule has 132 valence electrons. The first-order valence-corrected chi connectivity index (χ1v) is 7.31. The van der Waals surface area contributed by atoms with E-state index in [1.807, 2.05) is 0 Å². The standard InChI is InChI=1S/C15H11ClF3N3O3/c1-22-6-10(14(21-22)15(17,18)19)20-12(23)3-2-8-4-9(16)13-11(5-8)24-7-25-13/h2-6H,7H2,1H3,(H,20,23)/b3-2+. The topological polar surface area (TPSA) is 65.4 Å². The van der Waals surface area contributed by atoms with Crippen LogP contribution < -0.4 is 14.8 Å². The normalized spacial score (nSPS) is 13.5. The Labute approximate surface area is 144 Å². The van der Waals surface area contributed by atoms with Crippen molar-refractivity contribution in [3.63, 3.8) is 0 Å². The third-order valence-corrected chi connectivity index (χ3v) is 3.51. The zero-order chi connectivity index (χ0) is 18.2. The van der Waals surface area contributed by atoms with E-state index in [-0.39, 0.29) is 6.79 Å². The van der Waals surface area contributed by atoms with Crippen LogP contribution >= 0.6 is 11.6 Å². The molecule has 1 N–H and O–H groups in total. The van der Waals surface area contributed by atoms with E-state index in [0.717, 1.165) is 17.0 Å². The Morgan fingerprint density at radius 3 is 2.88 bits per heavy atom. The summed E-state index contributed by atoms with van der Waals surface area (Å²) in [5.74, 6) is 0.0971. The number of carbonyl (C=O) groups is 1. The molecule has 0 aliphatic carbocycles. The van der Waals surface area contributed by atoms with E-state index < -0.39 is 23.5 Å². The minimum absolute atomic E-state index is 0.0456. The maximum absolute atomic E-state index is 12.8. The van der Waals surface area contributed by atoms with E-state index in [1.54, 1.807) is 12.1 Å². The molecule has 1 aliphatic heterocycles. The van der Waals surface area contributed by atoms with Gasteiger partial charge >= 0.3 is 6.18 Å². The first kappa shape index (κ1) is 17.2. The lowest BCUT2D eigenvalue weighted by Gasteiger charge is -2.06. The second-order valence-corrected chi connectivity index (χ2v) is 5.53. The smallest absolute Gasteiger partial charge is 0.437 e. The van der Waals surface area contributed by atoms with E-state index in [1.165, 1.54) is 13.1 Å². The molecule has 1 aromatic carbocycles. The number of aromatic nitrogens is 2. The Kier molecular flexibility index (Phi) is 4.34. The summed E-state index contributed by atoms with van der Waals surface area (Å²) in [7, 11) is 1.33. The van der Waals surface area contributed by atoms with Crippen LogP contribution in [0.1, 0.15) is 11.3 Å². The van der Waals surface area contributed by atoms with Gasteiger partial charge in [0.15, 0.2) is 17.2 Å². The number of aryl methyl sites for hydroxylation is 1. The molecular weight excluding hydrogens is 363 g/mol. The summed E-state index contributed by atoms with van der Waals surface area (Å²) in [4.78, 5) is 11.9. The van der Waals surface area contributed by atoms with Crippen LogP contribution in [-0.2, 0) is 18.0 Å². The number of hydrogen-bond acceptors (Lipinski definition) is 4. The van der Waals surface area contributed by atoms with Gasteiger partial charge in [-0.15, -0.1) is 0 Å². The fraction of sp³-hybridized carbons (Fsp3) is 0.200. The van der Waals surface area contributed by atoms with Crippen molar-refractivity contribution < 1.29 is 27.4 Å². The summed E-state index contributed by atoms with van der Waals surface area (Å²) < 4.78 is 49.9. The molecule has 3 rings (SSSR count). The van der Waals surface area contributed by atoms with Gasteiger partial charge in [-0.3, -0.25) is 9.48 Å². The average molecular weight is 374 g/mol. The number of nitrogens with zero attached hydrogens (tertiary/aromatic N) is 2. The molecule has 1 amide bonds. The zero-order valence-electron chi connectivity index (χ0n) is 12.7. The molecular formula is C15H11ClF3N3O3. The molecule has 10 heteroatoms. The first-order valence-electron chi connectivity index (χ1n) is 6.93. The highest BCUT2D eigenvalue weighted by Gasteiger charge is 2.37. The summed E-state index contributed by atoms with van der Waals surface area (Å²) in [6, 6.07) is 3.15. The van der Waals surface area contributed by atoms with Gasteiger partial charge in [-0.05, 0) is 23.8 Å². The van der Waals surface area contributed by atoms with Crippen molar-refractivity contribution in [3.8, 4) is 11.5 Å². The van der Waals surface area contributed by atoms with Crippen LogP contribution in [-0.4, -0.2) is 22.5 Å². The predicted molar refractivity (Wildman–Crippen MR) is 83.4 cm³/mol. The third-order valence-electron chi connectivity index (χ3n) is 3.23. The van der Waals surface area contributed by atoms with E-state index in [0.29, 0.717) is 22.1 Å². The lowest BCUT2D eigenvalue weighted by atomic mass is 10.2. The molecule has 6 nitrogen and oxygen atoms in total. The predicted octanol–water partition coefficient (Wildman–Crippen LogP) is 3.47. The van der Waals surface area contributed by atoms with Gasteiger partial charge in [0.1, 0.15) is 0 Å². The highest BCUT2D eigenvalue weighted by molar-refractivity contribution is 6.32. The molecule has 0 radical (unpaired) electrons. The van der Waals surface area contributed by atoms with Crippen LogP contribution in [0.15, 0.2) is 24.4 Å². The monoisotopic (exact) mass is 373 g/mol. The molecule has 0 fully saturated rings. The second kappa shape index (κ2) is 6.32. The molecule has 2 aromatic rings. The van der Waals surface area contributed by atoms with Gasteiger partial charge in [-0.2, -0.15) is 18.3 Å². The zero-order valence-corrected chi connectivity index (χ0v) is 13.5. The Balaban J connectivity index is 1.76. The number of carbonyl (C=O) groups excluding carboxylic acids is 1. The Morgan fingerprint density at radius 2 is 2.16 bits per heavy atom. The van der Waals surface area contributed by atoms with E-state index in [2.05, 4.69) is 10.4 Å². The molecule has 0 saturated carbocycles. The van der Waals surface area contributed by atoms with Crippen molar-refractivity contribution in [3.05, 3.63) is 40.7 Å². The van der Waals surface area contributed by atoms with Crippen molar-refractivity contribution in [1.29, 1.82) is 0 Å². The minimum Gasteiger partial charge on any atom is -0.454 e. The van der Waals surface area contributed by atoms with Gasteiger partial charge < -0.3 is 14.8 Å². The van der Waals surface area contributed by atoms with Crippen LogP contribution in [0.2, 0.25) is 5.02 Å². The van der Waals surface area contributed by atoms with Crippen molar-refractivity contribution in [2.45, 2.75) is 6.18 Å². The number of anilines is 1. The highest BCUT2D eigenvalue weighted by atomic mass is 35.5. The Bertz CT molecular complexity index is 862. The molecule has 0 spiro atoms. The van der Waals surface area contributed by atoms with Gasteiger partial charge in [0, 0.05) is 19.3 Å². The van der Waals surface area contributed by atoms with Gasteiger partial charge in [-0.25, -0.2) is 0 Å². The molecule has 2 heterocycles. The summed E-state index contributed by atoms with van der Waals surface area (Å²) in [6.45, 7) is 0.0456. The van der Waals surface area contributed by atoms with Crippen LogP contribution in [0.4, 0.5) is 18.9 Å². The van der Waals surface area contributed by atoms with Gasteiger partial charge in [-0.1, -0.05) is 11.6 Å². The van der Waals surface area contributed by atoms with Crippen molar-refractivity contribution in [2.75, 3.05) is 12.1 Å². The number of rotatable bonds is 3.